The predicted molar refractivity (Wildman–Crippen MR) is 84.9 cm³/mol. The van der Waals surface area contributed by atoms with E-state index in [1.165, 1.54) is 0 Å². The molecule has 21 heavy (non-hydrogen) atoms. The molecule has 0 aliphatic carbocycles. The molecule has 0 aromatic carbocycles. The summed E-state index contributed by atoms with van der Waals surface area (Å²) in [6, 6.07) is 0. The van der Waals surface area contributed by atoms with Crippen LogP contribution in [0.25, 0.3) is 0 Å². The Morgan fingerprint density at radius 1 is 1.14 bits per heavy atom. The number of carbonyl (C=O) groups is 1. The van der Waals surface area contributed by atoms with E-state index in [0.717, 1.165) is 12.8 Å². The molecule has 120 valence electrons. The fraction of sp³-hybridized carbons (Fsp3) is 0.812. The number of allylic oxidation sites excluding steroid dienone is 1. The number of carbonyl (C=O) groups excluding carboxylic acids is 1. The molecule has 0 saturated carbocycles. The molecular formula is C16H29BO4. The molecule has 0 atom stereocenters. The molecule has 1 aliphatic heterocycles. The van der Waals surface area contributed by atoms with Crippen LogP contribution in [-0.4, -0.2) is 29.9 Å². The molecule has 0 aromatic heterocycles. The lowest BCUT2D eigenvalue weighted by atomic mass is 9.89. The number of esters is 1. The van der Waals surface area contributed by atoms with Crippen molar-refractivity contribution in [2.75, 3.05) is 0 Å². The van der Waals surface area contributed by atoms with Gasteiger partial charge < -0.3 is 14.0 Å². The highest BCUT2D eigenvalue weighted by molar-refractivity contribution is 6.51. The van der Waals surface area contributed by atoms with Gasteiger partial charge in [0.15, 0.2) is 0 Å². The first kappa shape index (κ1) is 18.2. The van der Waals surface area contributed by atoms with Gasteiger partial charge in [-0.25, -0.2) is 0 Å². The number of ether oxygens (including phenoxy) is 1. The summed E-state index contributed by atoms with van der Waals surface area (Å²) >= 11 is 0. The van der Waals surface area contributed by atoms with Crippen molar-refractivity contribution < 1.29 is 18.8 Å². The van der Waals surface area contributed by atoms with Gasteiger partial charge in [0, 0.05) is 6.42 Å². The van der Waals surface area contributed by atoms with Gasteiger partial charge >= 0.3 is 13.1 Å². The van der Waals surface area contributed by atoms with Gasteiger partial charge in [0.2, 0.25) is 0 Å². The quantitative estimate of drug-likeness (QED) is 0.441. The van der Waals surface area contributed by atoms with E-state index in [4.69, 9.17) is 14.0 Å². The molecule has 0 bridgehead atoms. The summed E-state index contributed by atoms with van der Waals surface area (Å²) in [7, 11) is -0.309. The van der Waals surface area contributed by atoms with Crippen molar-refractivity contribution in [2.24, 2.45) is 0 Å². The van der Waals surface area contributed by atoms with Crippen LogP contribution in [0.1, 0.15) is 67.7 Å². The van der Waals surface area contributed by atoms with E-state index in [9.17, 15) is 4.79 Å². The van der Waals surface area contributed by atoms with Gasteiger partial charge in [-0.15, -0.1) is 0 Å². The Kier molecular flexibility index (Phi) is 5.67. The van der Waals surface area contributed by atoms with Crippen LogP contribution in [0.15, 0.2) is 12.1 Å². The second-order valence-corrected chi connectivity index (χ2v) is 7.53. The molecule has 4 nitrogen and oxygen atoms in total. The lowest BCUT2D eigenvalue weighted by Crippen LogP contribution is -2.41. The first-order valence-corrected chi connectivity index (χ1v) is 7.67. The van der Waals surface area contributed by atoms with Crippen molar-refractivity contribution in [2.45, 2.75) is 84.5 Å². The topological polar surface area (TPSA) is 44.8 Å². The van der Waals surface area contributed by atoms with Crippen LogP contribution in [0.3, 0.4) is 0 Å². The second kappa shape index (κ2) is 6.53. The molecule has 1 aliphatic rings. The number of hydrogen-bond acceptors (Lipinski definition) is 4. The third kappa shape index (κ3) is 5.83. The van der Waals surface area contributed by atoms with Gasteiger partial charge in [-0.1, -0.05) is 12.1 Å². The van der Waals surface area contributed by atoms with Crippen LogP contribution in [0.5, 0.6) is 0 Å². The normalized spacial score (nSPS) is 21.0. The number of rotatable bonds is 5. The van der Waals surface area contributed by atoms with Crippen molar-refractivity contribution in [1.82, 2.24) is 0 Å². The molecule has 0 spiro atoms. The summed E-state index contributed by atoms with van der Waals surface area (Å²) in [5.74, 6) is 1.78. The fourth-order valence-electron chi connectivity index (χ4n) is 1.93. The Labute approximate surface area is 129 Å². The van der Waals surface area contributed by atoms with E-state index in [-0.39, 0.29) is 24.3 Å². The minimum atomic E-state index is -0.407. The van der Waals surface area contributed by atoms with Crippen molar-refractivity contribution in [1.29, 1.82) is 0 Å². The van der Waals surface area contributed by atoms with Crippen molar-refractivity contribution in [3.05, 3.63) is 12.1 Å². The highest BCUT2D eigenvalue weighted by Crippen LogP contribution is 2.36. The lowest BCUT2D eigenvalue weighted by Gasteiger charge is -2.32. The Hall–Kier alpha value is -0.805. The smallest absolute Gasteiger partial charge is 0.460 e. The van der Waals surface area contributed by atoms with Crippen molar-refractivity contribution in [3.8, 4) is 0 Å². The Bertz CT molecular complexity index is 378. The van der Waals surface area contributed by atoms with E-state index >= 15 is 0 Å². The van der Waals surface area contributed by atoms with Crippen LogP contribution in [0, 0.1) is 0 Å². The molecule has 1 saturated heterocycles. The van der Waals surface area contributed by atoms with Crippen molar-refractivity contribution >= 4 is 13.1 Å². The summed E-state index contributed by atoms with van der Waals surface area (Å²) in [4.78, 5) is 11.6. The minimum absolute atomic E-state index is 0.147. The maximum atomic E-state index is 11.6. The fourth-order valence-corrected chi connectivity index (χ4v) is 1.93. The van der Waals surface area contributed by atoms with E-state index < -0.39 is 5.60 Å². The summed E-state index contributed by atoms with van der Waals surface area (Å²) in [6.45, 7) is 13.8. The third-order valence-electron chi connectivity index (χ3n) is 3.74. The predicted octanol–water partition coefficient (Wildman–Crippen LogP) is 3.69. The van der Waals surface area contributed by atoms with Crippen LogP contribution < -0.4 is 0 Å². The van der Waals surface area contributed by atoms with E-state index in [2.05, 4.69) is 0 Å². The van der Waals surface area contributed by atoms with Crippen LogP contribution in [-0.2, 0) is 18.8 Å². The Morgan fingerprint density at radius 3 is 2.14 bits per heavy atom. The SMILES string of the molecule is CC(C)(C)OC(=O)CCC/C=C/B1OC(C)(C)C(C)(C)O1. The van der Waals surface area contributed by atoms with Gasteiger partial charge in [0.1, 0.15) is 5.60 Å². The number of hydrogen-bond donors (Lipinski definition) is 0. The Balaban J connectivity index is 2.27. The van der Waals surface area contributed by atoms with Crippen LogP contribution in [0.4, 0.5) is 0 Å². The van der Waals surface area contributed by atoms with Gasteiger partial charge in [-0.3, -0.25) is 4.79 Å². The van der Waals surface area contributed by atoms with Crippen molar-refractivity contribution in [3.63, 3.8) is 0 Å². The average Bonchev–Trinajstić information content (AvgIpc) is 2.44. The summed E-state index contributed by atoms with van der Waals surface area (Å²) in [5, 5.41) is 0. The zero-order valence-corrected chi connectivity index (χ0v) is 14.5. The van der Waals surface area contributed by atoms with Crippen LogP contribution in [0.2, 0.25) is 0 Å². The summed E-state index contributed by atoms with van der Waals surface area (Å²) in [5.41, 5.74) is -1.02. The highest BCUT2D eigenvalue weighted by Gasteiger charge is 2.49. The van der Waals surface area contributed by atoms with E-state index in [1.807, 2.05) is 60.5 Å². The maximum absolute atomic E-state index is 11.6. The van der Waals surface area contributed by atoms with E-state index in [0.29, 0.717) is 6.42 Å². The molecular weight excluding hydrogens is 267 g/mol. The standard InChI is InChI=1S/C16H29BO4/c1-14(2,3)19-13(18)11-9-8-10-12-17-20-15(4,5)16(6,7)21-17/h10,12H,8-9,11H2,1-7H3/b12-10+. The van der Waals surface area contributed by atoms with Gasteiger partial charge in [0.25, 0.3) is 0 Å². The minimum Gasteiger partial charge on any atom is -0.460 e. The lowest BCUT2D eigenvalue weighted by molar-refractivity contribution is -0.154. The van der Waals surface area contributed by atoms with Gasteiger partial charge in [-0.2, -0.15) is 0 Å². The third-order valence-corrected chi connectivity index (χ3v) is 3.74. The zero-order valence-electron chi connectivity index (χ0n) is 14.5. The molecule has 0 N–H and O–H groups in total. The maximum Gasteiger partial charge on any atom is 0.486 e. The molecule has 5 heteroatoms. The summed E-state index contributed by atoms with van der Waals surface area (Å²) < 4.78 is 17.0. The molecule has 0 amide bonds. The largest absolute Gasteiger partial charge is 0.486 e. The molecule has 1 rings (SSSR count). The van der Waals surface area contributed by atoms with E-state index in [1.54, 1.807) is 0 Å². The molecule has 0 aromatic rings. The first-order chi connectivity index (χ1) is 9.43. The van der Waals surface area contributed by atoms with Gasteiger partial charge in [0.05, 0.1) is 11.2 Å². The highest BCUT2D eigenvalue weighted by atomic mass is 16.7. The summed E-state index contributed by atoms with van der Waals surface area (Å²) in [6.07, 6.45) is 4.02. The molecule has 1 heterocycles. The Morgan fingerprint density at radius 2 is 1.67 bits per heavy atom. The second-order valence-electron chi connectivity index (χ2n) is 7.53. The van der Waals surface area contributed by atoms with Crippen LogP contribution >= 0.6 is 0 Å². The monoisotopic (exact) mass is 296 g/mol. The molecule has 0 radical (unpaired) electrons. The zero-order chi connectivity index (χ0) is 16.3. The van der Waals surface area contributed by atoms with Gasteiger partial charge in [-0.05, 0) is 61.3 Å². The molecule has 0 unspecified atom stereocenters. The average molecular weight is 296 g/mol. The number of unbranched alkanes of at least 4 members (excludes halogenated alkanes) is 1. The molecule has 1 fully saturated rings. The first-order valence-electron chi connectivity index (χ1n) is 7.67.